The Morgan fingerprint density at radius 1 is 1.02 bits per heavy atom. The van der Waals surface area contributed by atoms with E-state index in [-0.39, 0.29) is 29.7 Å². The van der Waals surface area contributed by atoms with Crippen LogP contribution in [-0.4, -0.2) is 43.9 Å². The van der Waals surface area contributed by atoms with Crippen molar-refractivity contribution in [1.82, 2.24) is 9.62 Å². The number of piperidine rings is 1. The lowest BCUT2D eigenvalue weighted by molar-refractivity contribution is -0.161. The molecule has 0 spiro atoms. The lowest BCUT2D eigenvalue weighted by Crippen LogP contribution is -2.57. The second-order valence-corrected chi connectivity index (χ2v) is 13.7. The molecular formula is C31H40Cl2N2O4S. The largest absolute Gasteiger partial charge is 0.481 e. The van der Waals surface area contributed by atoms with Crippen molar-refractivity contribution in [2.75, 3.05) is 6.54 Å². The third-order valence-electron chi connectivity index (χ3n) is 8.64. The third-order valence-corrected chi connectivity index (χ3v) is 10.7. The Kier molecular flexibility index (Phi) is 11.1. The van der Waals surface area contributed by atoms with Crippen molar-refractivity contribution >= 4 is 46.1 Å². The molecule has 0 radical (unpaired) electrons. The molecule has 2 unspecified atom stereocenters. The highest BCUT2D eigenvalue weighted by atomic mass is 35.5. The van der Waals surface area contributed by atoms with E-state index in [2.05, 4.69) is 4.72 Å². The van der Waals surface area contributed by atoms with E-state index in [1.165, 1.54) is 0 Å². The zero-order valence-corrected chi connectivity index (χ0v) is 25.4. The molecule has 0 bridgehead atoms. The van der Waals surface area contributed by atoms with Crippen molar-refractivity contribution < 1.29 is 18.9 Å². The molecule has 4 atom stereocenters. The van der Waals surface area contributed by atoms with Crippen LogP contribution in [0.25, 0.3) is 0 Å². The minimum Gasteiger partial charge on any atom is -0.481 e. The van der Waals surface area contributed by atoms with Gasteiger partial charge in [-0.15, -0.1) is 0 Å². The Bertz CT molecular complexity index is 1160. The smallest absolute Gasteiger partial charge is 0.304 e. The molecule has 9 heteroatoms. The molecule has 40 heavy (non-hydrogen) atoms. The van der Waals surface area contributed by atoms with E-state index >= 15 is 0 Å². The van der Waals surface area contributed by atoms with E-state index < -0.39 is 22.4 Å². The molecule has 218 valence electrons. The molecule has 1 saturated heterocycles. The maximum absolute atomic E-state index is 14.1. The van der Waals surface area contributed by atoms with Crippen LogP contribution in [-0.2, 0) is 20.6 Å². The van der Waals surface area contributed by atoms with Crippen LogP contribution in [0.5, 0.6) is 0 Å². The summed E-state index contributed by atoms with van der Waals surface area (Å²) in [5.74, 6) is -0.642. The maximum Gasteiger partial charge on any atom is 0.304 e. The summed E-state index contributed by atoms with van der Waals surface area (Å²) in [6.07, 6.45) is 7.92. The highest BCUT2D eigenvalue weighted by Crippen LogP contribution is 2.49. The topological polar surface area (TPSA) is 86.7 Å². The third kappa shape index (κ3) is 7.87. The minimum absolute atomic E-state index is 0.0658. The van der Waals surface area contributed by atoms with Gasteiger partial charge in [0.25, 0.3) is 0 Å². The summed E-state index contributed by atoms with van der Waals surface area (Å²) < 4.78 is 16.2. The molecule has 1 amide bonds. The quantitative estimate of drug-likeness (QED) is 0.299. The molecule has 0 aromatic heterocycles. The van der Waals surface area contributed by atoms with Crippen molar-refractivity contribution in [2.45, 2.75) is 88.5 Å². The van der Waals surface area contributed by atoms with Gasteiger partial charge in [0.05, 0.1) is 28.9 Å². The summed E-state index contributed by atoms with van der Waals surface area (Å²) in [6, 6.07) is 16.9. The van der Waals surface area contributed by atoms with Gasteiger partial charge in [-0.3, -0.25) is 9.59 Å². The number of aliphatic carboxylic acids is 1. The van der Waals surface area contributed by atoms with E-state index in [1.807, 2.05) is 66.4 Å². The summed E-state index contributed by atoms with van der Waals surface area (Å²) >= 11 is 11.7. The lowest BCUT2D eigenvalue weighted by Gasteiger charge is -2.49. The summed E-state index contributed by atoms with van der Waals surface area (Å²) in [4.78, 5) is 27.8. The van der Waals surface area contributed by atoms with Crippen molar-refractivity contribution in [3.05, 3.63) is 70.2 Å². The van der Waals surface area contributed by atoms with E-state index in [0.717, 1.165) is 49.1 Å². The molecular weight excluding hydrogens is 567 g/mol. The van der Waals surface area contributed by atoms with Crippen LogP contribution in [0.4, 0.5) is 0 Å². The number of nitrogens with zero attached hydrogens (tertiary/aromatic N) is 1. The number of likely N-dealkylation sites (tertiary alicyclic amines) is 1. The van der Waals surface area contributed by atoms with E-state index in [9.17, 15) is 18.9 Å². The highest BCUT2D eigenvalue weighted by molar-refractivity contribution is 7.83. The van der Waals surface area contributed by atoms with Gasteiger partial charge in [0, 0.05) is 27.9 Å². The molecule has 5 rings (SSSR count). The Morgan fingerprint density at radius 3 is 2.17 bits per heavy atom. The number of carboxylic acid groups (broad SMARTS) is 1. The van der Waals surface area contributed by atoms with Gasteiger partial charge in [-0.25, -0.2) is 8.93 Å². The fraction of sp³-hybridized carbons (Fsp3) is 0.548. The summed E-state index contributed by atoms with van der Waals surface area (Å²) in [7, 11) is -1.11. The van der Waals surface area contributed by atoms with Crippen LogP contribution in [0.3, 0.4) is 0 Å². The van der Waals surface area contributed by atoms with Gasteiger partial charge in [-0.1, -0.05) is 73.3 Å². The van der Waals surface area contributed by atoms with E-state index in [4.69, 9.17) is 23.2 Å². The van der Waals surface area contributed by atoms with Crippen LogP contribution < -0.4 is 4.72 Å². The fourth-order valence-electron chi connectivity index (χ4n) is 6.15. The summed E-state index contributed by atoms with van der Waals surface area (Å²) in [6.45, 7) is 2.40. The number of carboxylic acids is 1. The summed E-state index contributed by atoms with van der Waals surface area (Å²) in [5, 5.41) is 11.2. The lowest BCUT2D eigenvalue weighted by atomic mass is 9.71. The minimum atomic E-state index is -1.11. The average Bonchev–Trinajstić information content (AvgIpc) is 3.63. The van der Waals surface area contributed by atoms with Gasteiger partial charge in [0.2, 0.25) is 5.91 Å². The zero-order valence-electron chi connectivity index (χ0n) is 23.1. The number of hydrogen-bond donors (Lipinski definition) is 2. The average molecular weight is 608 g/mol. The van der Waals surface area contributed by atoms with Crippen LogP contribution in [0.1, 0.15) is 82.7 Å². The van der Waals surface area contributed by atoms with Crippen LogP contribution in [0, 0.1) is 11.3 Å². The number of nitrogens with one attached hydrogen (secondary N) is 1. The van der Waals surface area contributed by atoms with Crippen molar-refractivity contribution in [3.8, 4) is 0 Å². The molecule has 1 heterocycles. The molecule has 2 aromatic rings. The molecule has 3 aliphatic rings. The first kappa shape index (κ1) is 31.0. The molecule has 3 fully saturated rings. The normalized spacial score (nSPS) is 24.7. The number of hydrogen-bond acceptors (Lipinski definition) is 3. The van der Waals surface area contributed by atoms with E-state index in [0.29, 0.717) is 36.7 Å². The number of benzene rings is 2. The molecule has 2 saturated carbocycles. The van der Waals surface area contributed by atoms with Crippen LogP contribution >= 0.6 is 23.2 Å². The van der Waals surface area contributed by atoms with Crippen molar-refractivity contribution in [2.24, 2.45) is 11.3 Å². The molecule has 2 aliphatic carbocycles. The maximum atomic E-state index is 14.1. The van der Waals surface area contributed by atoms with Crippen molar-refractivity contribution in [3.63, 3.8) is 0 Å². The van der Waals surface area contributed by atoms with Gasteiger partial charge in [0.1, 0.15) is 0 Å². The first-order valence-electron chi connectivity index (χ1n) is 14.4. The Balaban J connectivity index is 0.000000461. The standard InChI is InChI=1S/C25H35ClN2O4S.C6H5Cl/c1-2-25(15-23(29)30)14-13-21(17-9-11-19(26)12-10-17)28(24(25)31)22(18-7-8-18)16-27-33(32)20-5-3-4-6-20;7-6-4-2-1-3-5-6/h9-12,18,20-22,27H,2-8,13-16H2,1H3,(H,29,30);1-5H/t21-,22?,25+,33?;/m0./s1. The van der Waals surface area contributed by atoms with Gasteiger partial charge in [0.15, 0.2) is 0 Å². The number of rotatable bonds is 10. The van der Waals surface area contributed by atoms with Gasteiger partial charge in [-0.05, 0) is 80.7 Å². The molecule has 2 aromatic carbocycles. The predicted molar refractivity (Wildman–Crippen MR) is 162 cm³/mol. The zero-order chi connectivity index (χ0) is 28.7. The van der Waals surface area contributed by atoms with Gasteiger partial charge < -0.3 is 10.0 Å². The SMILES string of the molecule is CC[C@]1(CC(=O)O)CC[C@@H](c2ccc(Cl)cc2)N(C(CNS(=O)C2CCCC2)C2CC2)C1=O.Clc1ccccc1. The number of carbonyl (C=O) groups is 2. The molecule has 6 nitrogen and oxygen atoms in total. The molecule has 2 N–H and O–H groups in total. The highest BCUT2D eigenvalue weighted by Gasteiger charge is 2.52. The van der Waals surface area contributed by atoms with E-state index in [1.54, 1.807) is 0 Å². The molecule has 1 aliphatic heterocycles. The van der Waals surface area contributed by atoms with Crippen LogP contribution in [0.15, 0.2) is 54.6 Å². The van der Waals surface area contributed by atoms with Gasteiger partial charge >= 0.3 is 5.97 Å². The first-order valence-corrected chi connectivity index (χ1v) is 16.4. The second-order valence-electron chi connectivity index (χ2n) is 11.3. The Hall–Kier alpha value is -1.93. The first-order chi connectivity index (χ1) is 19.2. The predicted octanol–water partition coefficient (Wildman–Crippen LogP) is 7.19. The van der Waals surface area contributed by atoms with Crippen LogP contribution in [0.2, 0.25) is 10.0 Å². The number of amides is 1. The fourth-order valence-corrected chi connectivity index (χ4v) is 7.75. The number of halogens is 2. The van der Waals surface area contributed by atoms with Crippen molar-refractivity contribution in [1.29, 1.82) is 0 Å². The monoisotopic (exact) mass is 606 g/mol. The van der Waals surface area contributed by atoms with Gasteiger partial charge in [-0.2, -0.15) is 0 Å². The second kappa shape index (κ2) is 14.3. The number of carbonyl (C=O) groups excluding carboxylic acids is 1. The Morgan fingerprint density at radius 2 is 1.65 bits per heavy atom. The Labute approximate surface area is 250 Å². The summed E-state index contributed by atoms with van der Waals surface area (Å²) in [5.41, 5.74) is 0.141.